The van der Waals surface area contributed by atoms with Crippen LogP contribution < -0.4 is 0 Å². The summed E-state index contributed by atoms with van der Waals surface area (Å²) in [7, 11) is 0. The van der Waals surface area contributed by atoms with Crippen molar-refractivity contribution in [2.45, 2.75) is 146 Å². The summed E-state index contributed by atoms with van der Waals surface area (Å²) in [5.74, 6) is -0.686. The van der Waals surface area contributed by atoms with Crippen molar-refractivity contribution in [2.75, 3.05) is 19.6 Å². The molecule has 6 nitrogen and oxygen atoms in total. The van der Waals surface area contributed by atoms with Crippen LogP contribution in [0.15, 0.2) is 0 Å². The van der Waals surface area contributed by atoms with Gasteiger partial charge in [-0.1, -0.05) is 51.4 Å². The van der Waals surface area contributed by atoms with Crippen molar-refractivity contribution in [3.8, 4) is 0 Å². The minimum atomic E-state index is -0.789. The van der Waals surface area contributed by atoms with Gasteiger partial charge in [-0.15, -0.1) is 0 Å². The molecule has 2 spiro atoms. The van der Waals surface area contributed by atoms with Gasteiger partial charge in [0.1, 0.15) is 5.78 Å². The molecule has 2 aliphatic carbocycles. The van der Waals surface area contributed by atoms with Crippen LogP contribution in [0.25, 0.3) is 0 Å². The molecule has 6 heteroatoms. The van der Waals surface area contributed by atoms with Gasteiger partial charge in [-0.3, -0.25) is 4.79 Å². The standard InChI is InChI=1S/C28H49NO5/c30-26(14-13-23-29-21-11-8-12-22-29)24-25-15-19-28(20-16-25)33-31-27(32-34-28)17-9-6-4-2-1-3-5-7-10-18-27/h25H,1-24H2. The maximum atomic E-state index is 12.6. The number of rotatable bonds is 6. The fourth-order valence-electron chi connectivity index (χ4n) is 6.24. The predicted molar refractivity (Wildman–Crippen MR) is 132 cm³/mol. The van der Waals surface area contributed by atoms with E-state index in [1.807, 2.05) is 0 Å². The molecule has 2 saturated heterocycles. The Hall–Kier alpha value is -0.530. The molecule has 0 aromatic carbocycles. The minimum absolute atomic E-state index is 0.420. The van der Waals surface area contributed by atoms with Gasteiger partial charge >= 0.3 is 0 Å². The molecule has 2 saturated carbocycles. The molecule has 0 bridgehead atoms. The lowest BCUT2D eigenvalue weighted by molar-refractivity contribution is -0.662. The maximum absolute atomic E-state index is 12.6. The first-order valence-corrected chi connectivity index (χ1v) is 14.6. The Bertz CT molecular complexity index is 574. The van der Waals surface area contributed by atoms with E-state index in [1.165, 1.54) is 77.3 Å². The van der Waals surface area contributed by atoms with Crippen LogP contribution in [-0.4, -0.2) is 41.9 Å². The van der Waals surface area contributed by atoms with Crippen LogP contribution in [0, 0.1) is 5.92 Å². The number of hydrogen-bond acceptors (Lipinski definition) is 6. The zero-order valence-corrected chi connectivity index (χ0v) is 21.5. The second-order valence-corrected chi connectivity index (χ2v) is 11.5. The van der Waals surface area contributed by atoms with E-state index in [-0.39, 0.29) is 0 Å². The van der Waals surface area contributed by atoms with Crippen LogP contribution in [0.5, 0.6) is 0 Å². The number of nitrogens with zero attached hydrogens (tertiary/aromatic N) is 1. The van der Waals surface area contributed by atoms with Gasteiger partial charge in [0, 0.05) is 38.5 Å². The molecule has 0 amide bonds. The van der Waals surface area contributed by atoms with E-state index in [9.17, 15) is 4.79 Å². The van der Waals surface area contributed by atoms with Crippen molar-refractivity contribution < 1.29 is 24.3 Å². The Morgan fingerprint density at radius 1 is 0.647 bits per heavy atom. The number of hydrogen-bond donors (Lipinski definition) is 0. The molecular weight excluding hydrogens is 430 g/mol. The molecule has 0 unspecified atom stereocenters. The summed E-state index contributed by atoms with van der Waals surface area (Å²) in [4.78, 5) is 39.0. The Kier molecular flexibility index (Phi) is 10.7. The van der Waals surface area contributed by atoms with E-state index >= 15 is 0 Å². The van der Waals surface area contributed by atoms with Gasteiger partial charge in [0.15, 0.2) is 0 Å². The largest absolute Gasteiger partial charge is 0.303 e. The molecule has 4 fully saturated rings. The summed E-state index contributed by atoms with van der Waals surface area (Å²) in [6.07, 6.45) is 22.6. The normalized spacial score (nSPS) is 27.8. The number of carbonyl (C=O) groups excluding carboxylic acids is 1. The summed E-state index contributed by atoms with van der Waals surface area (Å²) in [6, 6.07) is 0. The molecule has 4 rings (SSSR count). The molecule has 34 heavy (non-hydrogen) atoms. The summed E-state index contributed by atoms with van der Waals surface area (Å²) in [6.45, 7) is 3.51. The number of likely N-dealkylation sites (tertiary alicyclic amines) is 1. The van der Waals surface area contributed by atoms with Gasteiger partial charge in [-0.2, -0.15) is 19.6 Å². The molecule has 0 aromatic heterocycles. The molecule has 2 heterocycles. The van der Waals surface area contributed by atoms with Crippen molar-refractivity contribution in [3.05, 3.63) is 0 Å². The monoisotopic (exact) mass is 479 g/mol. The Morgan fingerprint density at radius 3 is 1.68 bits per heavy atom. The Balaban J connectivity index is 1.15. The number of carbonyl (C=O) groups is 1. The van der Waals surface area contributed by atoms with Crippen molar-refractivity contribution in [1.82, 2.24) is 4.90 Å². The zero-order valence-electron chi connectivity index (χ0n) is 21.5. The lowest BCUT2D eigenvalue weighted by Gasteiger charge is -2.45. The van der Waals surface area contributed by atoms with Gasteiger partial charge in [-0.05, 0) is 70.5 Å². The van der Waals surface area contributed by atoms with Crippen LogP contribution in [0.2, 0.25) is 0 Å². The van der Waals surface area contributed by atoms with Gasteiger partial charge in [0.2, 0.25) is 11.6 Å². The first kappa shape index (κ1) is 26.5. The number of piperidine rings is 1. The summed E-state index contributed by atoms with van der Waals surface area (Å²) >= 11 is 0. The highest BCUT2D eigenvalue weighted by Gasteiger charge is 2.50. The molecular formula is C28H49NO5. The van der Waals surface area contributed by atoms with E-state index < -0.39 is 11.6 Å². The quantitative estimate of drug-likeness (QED) is 0.382. The highest BCUT2D eigenvalue weighted by atomic mass is 17.4. The molecule has 4 aliphatic rings. The van der Waals surface area contributed by atoms with E-state index in [4.69, 9.17) is 19.6 Å². The maximum Gasteiger partial charge on any atom is 0.234 e. The zero-order chi connectivity index (χ0) is 23.5. The third kappa shape index (κ3) is 8.26. The van der Waals surface area contributed by atoms with Gasteiger partial charge in [0.25, 0.3) is 0 Å². The smallest absolute Gasteiger partial charge is 0.234 e. The topological polar surface area (TPSA) is 57.2 Å². The predicted octanol–water partition coefficient (Wildman–Crippen LogP) is 7.01. The molecule has 0 atom stereocenters. The van der Waals surface area contributed by atoms with Gasteiger partial charge in [-0.25, -0.2) is 0 Å². The minimum Gasteiger partial charge on any atom is -0.303 e. The second kappa shape index (κ2) is 13.7. The van der Waals surface area contributed by atoms with Crippen molar-refractivity contribution >= 4 is 5.78 Å². The van der Waals surface area contributed by atoms with Crippen molar-refractivity contribution in [3.63, 3.8) is 0 Å². The first-order chi connectivity index (χ1) is 16.7. The SMILES string of the molecule is O=C(CCCN1CCCCC1)CC1CCC2(CC1)OOC1(CCCCCCCCCCC1)OO2. The van der Waals surface area contributed by atoms with Crippen molar-refractivity contribution in [1.29, 1.82) is 0 Å². The molecule has 0 radical (unpaired) electrons. The van der Waals surface area contributed by atoms with Crippen molar-refractivity contribution in [2.24, 2.45) is 5.92 Å². The van der Waals surface area contributed by atoms with Crippen LogP contribution in [0.3, 0.4) is 0 Å². The van der Waals surface area contributed by atoms with Crippen LogP contribution in [0.1, 0.15) is 135 Å². The lowest BCUT2D eigenvalue weighted by atomic mass is 9.82. The summed E-state index contributed by atoms with van der Waals surface area (Å²) < 4.78 is 0. The Morgan fingerprint density at radius 2 is 1.12 bits per heavy atom. The summed E-state index contributed by atoms with van der Waals surface area (Å²) in [5, 5.41) is 0. The molecule has 2 aliphatic heterocycles. The molecule has 0 N–H and O–H groups in total. The van der Waals surface area contributed by atoms with Crippen LogP contribution in [-0.2, 0) is 24.3 Å². The van der Waals surface area contributed by atoms with E-state index in [0.717, 1.165) is 70.8 Å². The first-order valence-electron chi connectivity index (χ1n) is 14.6. The second-order valence-electron chi connectivity index (χ2n) is 11.5. The average Bonchev–Trinajstić information content (AvgIpc) is 2.85. The van der Waals surface area contributed by atoms with Crippen LogP contribution in [0.4, 0.5) is 0 Å². The van der Waals surface area contributed by atoms with E-state index in [1.54, 1.807) is 0 Å². The number of Topliss-reactive ketones (excluding diaryl/α,β-unsaturated/α-hetero) is 1. The van der Waals surface area contributed by atoms with Gasteiger partial charge < -0.3 is 4.90 Å². The van der Waals surface area contributed by atoms with E-state index in [0.29, 0.717) is 18.1 Å². The van der Waals surface area contributed by atoms with Crippen LogP contribution >= 0.6 is 0 Å². The third-order valence-electron chi connectivity index (χ3n) is 8.57. The highest BCUT2D eigenvalue weighted by Crippen LogP contribution is 2.44. The summed E-state index contributed by atoms with van der Waals surface area (Å²) in [5.41, 5.74) is 0. The van der Waals surface area contributed by atoms with Gasteiger partial charge in [0.05, 0.1) is 0 Å². The number of ketones is 1. The fraction of sp³-hybridized carbons (Fsp3) is 0.964. The highest BCUT2D eigenvalue weighted by molar-refractivity contribution is 5.78. The average molecular weight is 480 g/mol. The lowest BCUT2D eigenvalue weighted by Crippen LogP contribution is -2.52. The van der Waals surface area contributed by atoms with E-state index in [2.05, 4.69) is 4.90 Å². The molecule has 0 aromatic rings. The fourth-order valence-corrected chi connectivity index (χ4v) is 6.24. The molecule has 196 valence electrons. The third-order valence-corrected chi connectivity index (χ3v) is 8.57. The Labute approximate surface area is 207 Å².